The summed E-state index contributed by atoms with van der Waals surface area (Å²) in [4.78, 5) is 1.95. The molecule has 0 atom stereocenters. The second kappa shape index (κ2) is 4.70. The first-order valence-corrected chi connectivity index (χ1v) is 5.47. The van der Waals surface area contributed by atoms with Crippen molar-refractivity contribution in [1.82, 2.24) is 0 Å². The first-order chi connectivity index (χ1) is 7.70. The molecule has 0 amide bonds. The van der Waals surface area contributed by atoms with Crippen molar-refractivity contribution in [3.63, 3.8) is 0 Å². The van der Waals surface area contributed by atoms with E-state index in [1.807, 2.05) is 4.90 Å². The number of anilines is 1. The fourth-order valence-corrected chi connectivity index (χ4v) is 1.97. The summed E-state index contributed by atoms with van der Waals surface area (Å²) >= 11 is 0. The molecule has 0 aliphatic carbocycles. The second-order valence-corrected chi connectivity index (χ2v) is 4.04. The van der Waals surface area contributed by atoms with Crippen molar-refractivity contribution in [2.45, 2.75) is 18.9 Å². The standard InChI is InChI=1S/C12H16FNO2/c1-16-10-2-3-11(13)12(8-10)14-6-4-9(15)5-7-14/h2-3,8-9,15H,4-7H2,1H3. The molecular formula is C12H16FNO2. The summed E-state index contributed by atoms with van der Waals surface area (Å²) in [7, 11) is 1.57. The van der Waals surface area contributed by atoms with E-state index in [-0.39, 0.29) is 11.9 Å². The van der Waals surface area contributed by atoms with Gasteiger partial charge in [0.2, 0.25) is 0 Å². The number of ether oxygens (including phenoxy) is 1. The van der Waals surface area contributed by atoms with Crippen LogP contribution in [0.25, 0.3) is 0 Å². The monoisotopic (exact) mass is 225 g/mol. The minimum atomic E-state index is -0.245. The number of aliphatic hydroxyl groups excluding tert-OH is 1. The van der Waals surface area contributed by atoms with Crippen molar-refractivity contribution >= 4 is 5.69 Å². The zero-order chi connectivity index (χ0) is 11.5. The van der Waals surface area contributed by atoms with Crippen LogP contribution in [0.1, 0.15) is 12.8 Å². The van der Waals surface area contributed by atoms with Gasteiger partial charge in [-0.05, 0) is 25.0 Å². The predicted octanol–water partition coefficient (Wildman–Crippen LogP) is 1.80. The number of nitrogens with zero attached hydrogens (tertiary/aromatic N) is 1. The van der Waals surface area contributed by atoms with Crippen LogP contribution in [0.2, 0.25) is 0 Å². The molecule has 0 spiro atoms. The lowest BCUT2D eigenvalue weighted by Gasteiger charge is -2.31. The molecule has 0 bridgehead atoms. The first-order valence-electron chi connectivity index (χ1n) is 5.47. The lowest BCUT2D eigenvalue weighted by molar-refractivity contribution is 0.145. The average molecular weight is 225 g/mol. The van der Waals surface area contributed by atoms with E-state index in [1.54, 1.807) is 19.2 Å². The van der Waals surface area contributed by atoms with Crippen LogP contribution in [0.5, 0.6) is 5.75 Å². The Balaban J connectivity index is 2.19. The summed E-state index contributed by atoms with van der Waals surface area (Å²) in [6, 6.07) is 4.73. The van der Waals surface area contributed by atoms with Crippen molar-refractivity contribution in [3.05, 3.63) is 24.0 Å². The molecule has 16 heavy (non-hydrogen) atoms. The Morgan fingerprint density at radius 3 is 2.69 bits per heavy atom. The van der Waals surface area contributed by atoms with E-state index >= 15 is 0 Å². The largest absolute Gasteiger partial charge is 0.497 e. The van der Waals surface area contributed by atoms with Crippen molar-refractivity contribution in [3.8, 4) is 5.75 Å². The van der Waals surface area contributed by atoms with E-state index in [9.17, 15) is 9.50 Å². The van der Waals surface area contributed by atoms with Crippen LogP contribution >= 0.6 is 0 Å². The topological polar surface area (TPSA) is 32.7 Å². The number of hydrogen-bond donors (Lipinski definition) is 1. The first kappa shape index (κ1) is 11.2. The van der Waals surface area contributed by atoms with Crippen LogP contribution in [0.4, 0.5) is 10.1 Å². The van der Waals surface area contributed by atoms with Crippen molar-refractivity contribution in [1.29, 1.82) is 0 Å². The van der Waals surface area contributed by atoms with Crippen LogP contribution in [0.3, 0.4) is 0 Å². The van der Waals surface area contributed by atoms with Gasteiger partial charge >= 0.3 is 0 Å². The number of methoxy groups -OCH3 is 1. The van der Waals surface area contributed by atoms with Crippen LogP contribution in [-0.4, -0.2) is 31.4 Å². The van der Waals surface area contributed by atoms with Gasteiger partial charge in [0.15, 0.2) is 0 Å². The number of halogens is 1. The van der Waals surface area contributed by atoms with E-state index in [2.05, 4.69) is 0 Å². The highest BCUT2D eigenvalue weighted by Crippen LogP contribution is 2.27. The molecule has 0 saturated carbocycles. The smallest absolute Gasteiger partial charge is 0.146 e. The van der Waals surface area contributed by atoms with Gasteiger partial charge in [0.25, 0.3) is 0 Å². The number of rotatable bonds is 2. The highest BCUT2D eigenvalue weighted by Gasteiger charge is 2.19. The maximum absolute atomic E-state index is 13.6. The molecule has 1 N–H and O–H groups in total. The van der Waals surface area contributed by atoms with Gasteiger partial charge in [-0.3, -0.25) is 0 Å². The molecule has 1 aliphatic rings. The number of hydrogen-bond acceptors (Lipinski definition) is 3. The third kappa shape index (κ3) is 2.27. The maximum Gasteiger partial charge on any atom is 0.146 e. The van der Waals surface area contributed by atoms with Crippen molar-refractivity contribution in [2.24, 2.45) is 0 Å². The molecule has 1 aromatic rings. The van der Waals surface area contributed by atoms with Gasteiger partial charge in [-0.2, -0.15) is 0 Å². The average Bonchev–Trinajstić information content (AvgIpc) is 2.31. The third-order valence-electron chi connectivity index (χ3n) is 2.96. The predicted molar refractivity (Wildman–Crippen MR) is 60.4 cm³/mol. The lowest BCUT2D eigenvalue weighted by Crippen LogP contribution is -2.36. The summed E-state index contributed by atoms with van der Waals surface area (Å²) < 4.78 is 18.7. The van der Waals surface area contributed by atoms with Gasteiger partial charge in [-0.25, -0.2) is 4.39 Å². The molecule has 2 rings (SSSR count). The van der Waals surface area contributed by atoms with E-state index in [0.717, 1.165) is 0 Å². The van der Waals surface area contributed by atoms with Gasteiger partial charge in [0.05, 0.1) is 18.9 Å². The summed E-state index contributed by atoms with van der Waals surface area (Å²) in [5.41, 5.74) is 0.561. The maximum atomic E-state index is 13.6. The highest BCUT2D eigenvalue weighted by atomic mass is 19.1. The Labute approximate surface area is 94.4 Å². The van der Waals surface area contributed by atoms with Gasteiger partial charge in [0.1, 0.15) is 11.6 Å². The quantitative estimate of drug-likeness (QED) is 0.833. The van der Waals surface area contributed by atoms with Crippen LogP contribution in [0.15, 0.2) is 18.2 Å². The van der Waals surface area contributed by atoms with Crippen LogP contribution < -0.4 is 9.64 Å². The molecule has 1 aliphatic heterocycles. The van der Waals surface area contributed by atoms with Gasteiger partial charge in [-0.15, -0.1) is 0 Å². The summed E-state index contributed by atoms with van der Waals surface area (Å²) in [5, 5.41) is 9.40. The third-order valence-corrected chi connectivity index (χ3v) is 2.96. The Morgan fingerprint density at radius 2 is 2.06 bits per heavy atom. The molecule has 1 aromatic carbocycles. The molecule has 4 heteroatoms. The Hall–Kier alpha value is -1.29. The minimum Gasteiger partial charge on any atom is -0.497 e. The molecule has 0 unspecified atom stereocenters. The molecular weight excluding hydrogens is 209 g/mol. The van der Waals surface area contributed by atoms with Gasteiger partial charge in [-0.1, -0.05) is 0 Å². The molecule has 88 valence electrons. The van der Waals surface area contributed by atoms with E-state index in [4.69, 9.17) is 4.74 Å². The molecule has 0 radical (unpaired) electrons. The second-order valence-electron chi connectivity index (χ2n) is 4.04. The Kier molecular flexibility index (Phi) is 3.29. The molecule has 1 saturated heterocycles. The SMILES string of the molecule is COc1ccc(F)c(N2CCC(O)CC2)c1. The van der Waals surface area contributed by atoms with E-state index in [1.165, 1.54) is 6.07 Å². The molecule has 3 nitrogen and oxygen atoms in total. The fourth-order valence-electron chi connectivity index (χ4n) is 1.97. The van der Waals surface area contributed by atoms with Crippen molar-refractivity contribution < 1.29 is 14.2 Å². The lowest BCUT2D eigenvalue weighted by atomic mass is 10.1. The van der Waals surface area contributed by atoms with Gasteiger partial charge < -0.3 is 14.7 Å². The summed E-state index contributed by atoms with van der Waals surface area (Å²) in [6.07, 6.45) is 1.14. The summed E-state index contributed by atoms with van der Waals surface area (Å²) in [5.74, 6) is 0.416. The summed E-state index contributed by atoms with van der Waals surface area (Å²) in [6.45, 7) is 1.37. The molecule has 1 heterocycles. The van der Waals surface area contributed by atoms with E-state index in [0.29, 0.717) is 37.4 Å². The Morgan fingerprint density at radius 1 is 1.38 bits per heavy atom. The number of benzene rings is 1. The zero-order valence-electron chi connectivity index (χ0n) is 9.32. The van der Waals surface area contributed by atoms with E-state index < -0.39 is 0 Å². The zero-order valence-corrected chi connectivity index (χ0v) is 9.32. The van der Waals surface area contributed by atoms with Gasteiger partial charge in [0, 0.05) is 19.2 Å². The van der Waals surface area contributed by atoms with Crippen LogP contribution in [0, 0.1) is 5.82 Å². The Bertz CT molecular complexity index is 362. The minimum absolute atomic E-state index is 0.239. The number of piperidine rings is 1. The highest BCUT2D eigenvalue weighted by molar-refractivity contribution is 5.52. The molecule has 1 fully saturated rings. The molecule has 0 aromatic heterocycles. The fraction of sp³-hybridized carbons (Fsp3) is 0.500. The van der Waals surface area contributed by atoms with Crippen LogP contribution in [-0.2, 0) is 0 Å². The number of aliphatic hydroxyl groups is 1. The van der Waals surface area contributed by atoms with Crippen molar-refractivity contribution in [2.75, 3.05) is 25.1 Å². The normalized spacial score (nSPS) is 17.6.